The number of dihydropyridines is 1. The quantitative estimate of drug-likeness (QED) is 0.618. The average Bonchev–Trinajstić information content (AvgIpc) is 2.66. The minimum absolute atomic E-state index is 0.0584. The van der Waals surface area contributed by atoms with Crippen molar-refractivity contribution in [2.24, 2.45) is 11.1 Å². The number of hydrogen-bond donors (Lipinski definition) is 3. The van der Waals surface area contributed by atoms with E-state index < -0.39 is 5.41 Å². The van der Waals surface area contributed by atoms with Crippen LogP contribution in [-0.2, 0) is 4.79 Å². The zero-order valence-corrected chi connectivity index (χ0v) is 17.8. The molecule has 1 amide bonds. The fourth-order valence-corrected chi connectivity index (χ4v) is 5.34. The van der Waals surface area contributed by atoms with Gasteiger partial charge in [-0.15, -0.1) is 0 Å². The zero-order valence-electron chi connectivity index (χ0n) is 15.5. The number of anilines is 1. The van der Waals surface area contributed by atoms with E-state index in [-0.39, 0.29) is 17.5 Å². The molecule has 9 heteroatoms. The molecule has 2 aliphatic rings. The van der Waals surface area contributed by atoms with E-state index in [2.05, 4.69) is 22.8 Å². The fraction of sp³-hybridized carbons (Fsp3) is 0.350. The predicted octanol–water partition coefficient (Wildman–Crippen LogP) is 4.65. The lowest BCUT2D eigenvalue weighted by molar-refractivity contribution is -0.113. The van der Waals surface area contributed by atoms with Crippen LogP contribution >= 0.6 is 35.0 Å². The first-order valence-electron chi connectivity index (χ1n) is 9.10. The highest BCUT2D eigenvalue weighted by atomic mass is 35.5. The van der Waals surface area contributed by atoms with Crippen LogP contribution in [0.1, 0.15) is 32.1 Å². The normalized spacial score (nSPS) is 18.1. The lowest BCUT2D eigenvalue weighted by Crippen LogP contribution is -2.39. The number of carbonyl (C=O) groups is 1. The number of amides is 1. The molecule has 0 radical (unpaired) electrons. The third kappa shape index (κ3) is 4.48. The molecule has 3 rings (SSSR count). The number of thioether (sulfide) groups is 1. The standard InChI is InChI=1S/C20H19Cl2N5OS/c21-12-6-13(22)8-14(7-12)26-17(28)11-29-19-16(10-24)20(4-2-1-3-5-20)15(9-23)18(25)27-19/h6-8,27H,1-5,11,25H2,(H,26,28). The summed E-state index contributed by atoms with van der Waals surface area (Å²) in [6, 6.07) is 9.26. The molecular weight excluding hydrogens is 429 g/mol. The van der Waals surface area contributed by atoms with E-state index in [0.717, 1.165) is 19.3 Å². The third-order valence-corrected chi connectivity index (χ3v) is 6.56. The van der Waals surface area contributed by atoms with E-state index in [1.54, 1.807) is 18.2 Å². The summed E-state index contributed by atoms with van der Waals surface area (Å²) in [5, 5.41) is 26.6. The number of nitrogens with zero attached hydrogens (tertiary/aromatic N) is 2. The van der Waals surface area contributed by atoms with Crippen LogP contribution in [0.4, 0.5) is 5.69 Å². The minimum atomic E-state index is -0.656. The summed E-state index contributed by atoms with van der Waals surface area (Å²) in [7, 11) is 0. The van der Waals surface area contributed by atoms with Gasteiger partial charge < -0.3 is 16.4 Å². The molecule has 0 aromatic heterocycles. The van der Waals surface area contributed by atoms with Gasteiger partial charge in [0, 0.05) is 21.1 Å². The molecule has 1 aromatic carbocycles. The van der Waals surface area contributed by atoms with Gasteiger partial charge in [-0.1, -0.05) is 54.2 Å². The molecule has 1 aliphatic carbocycles. The predicted molar refractivity (Wildman–Crippen MR) is 116 cm³/mol. The van der Waals surface area contributed by atoms with Gasteiger partial charge in [-0.2, -0.15) is 10.5 Å². The average molecular weight is 448 g/mol. The van der Waals surface area contributed by atoms with E-state index in [1.165, 1.54) is 11.8 Å². The maximum Gasteiger partial charge on any atom is 0.234 e. The van der Waals surface area contributed by atoms with E-state index in [0.29, 0.717) is 44.7 Å². The first-order chi connectivity index (χ1) is 13.9. The monoisotopic (exact) mass is 447 g/mol. The lowest BCUT2D eigenvalue weighted by atomic mass is 9.64. The fourth-order valence-electron chi connectivity index (χ4n) is 3.90. The Morgan fingerprint density at radius 1 is 1.14 bits per heavy atom. The Hall–Kier alpha value is -2.32. The van der Waals surface area contributed by atoms with Crippen LogP contribution in [0.15, 0.2) is 40.2 Å². The number of halogens is 2. The number of nitrogens with two attached hydrogens (primary N) is 1. The summed E-state index contributed by atoms with van der Waals surface area (Å²) < 4.78 is 0. The number of allylic oxidation sites excluding steroid dienone is 2. The Labute approximate surface area is 183 Å². The van der Waals surface area contributed by atoms with Crippen molar-refractivity contribution in [2.75, 3.05) is 11.1 Å². The highest BCUT2D eigenvalue weighted by molar-refractivity contribution is 8.03. The van der Waals surface area contributed by atoms with Crippen molar-refractivity contribution in [3.63, 3.8) is 0 Å². The third-order valence-electron chi connectivity index (χ3n) is 5.13. The van der Waals surface area contributed by atoms with Crippen molar-refractivity contribution >= 4 is 46.6 Å². The summed E-state index contributed by atoms with van der Waals surface area (Å²) in [4.78, 5) is 12.4. The summed E-state index contributed by atoms with van der Waals surface area (Å²) in [6.07, 6.45) is 4.34. The summed E-state index contributed by atoms with van der Waals surface area (Å²) >= 11 is 13.1. The number of hydrogen-bond acceptors (Lipinski definition) is 6. The van der Waals surface area contributed by atoms with Crippen molar-refractivity contribution in [2.45, 2.75) is 32.1 Å². The number of benzene rings is 1. The first kappa shape index (κ1) is 21.4. The van der Waals surface area contributed by atoms with Gasteiger partial charge in [0.25, 0.3) is 0 Å². The molecule has 0 atom stereocenters. The van der Waals surface area contributed by atoms with Crippen LogP contribution < -0.4 is 16.4 Å². The molecule has 1 spiro atoms. The Morgan fingerprint density at radius 2 is 1.76 bits per heavy atom. The molecule has 1 aromatic rings. The molecule has 0 saturated heterocycles. The van der Waals surface area contributed by atoms with Crippen LogP contribution in [0.5, 0.6) is 0 Å². The van der Waals surface area contributed by atoms with Crippen LogP contribution in [0, 0.1) is 28.1 Å². The van der Waals surface area contributed by atoms with E-state index in [9.17, 15) is 15.3 Å². The number of nitriles is 2. The summed E-state index contributed by atoms with van der Waals surface area (Å²) in [5.41, 5.74) is 6.88. The second-order valence-corrected chi connectivity index (χ2v) is 8.84. The number of nitrogens with one attached hydrogen (secondary N) is 2. The van der Waals surface area contributed by atoms with Gasteiger partial charge in [0.1, 0.15) is 5.82 Å². The molecule has 1 saturated carbocycles. The molecule has 1 fully saturated rings. The van der Waals surface area contributed by atoms with Gasteiger partial charge in [0.2, 0.25) is 5.91 Å². The van der Waals surface area contributed by atoms with Crippen molar-refractivity contribution in [3.8, 4) is 12.1 Å². The van der Waals surface area contributed by atoms with Gasteiger partial charge in [-0.05, 0) is 31.0 Å². The topological polar surface area (TPSA) is 115 Å². The summed E-state index contributed by atoms with van der Waals surface area (Å²) in [6.45, 7) is 0. The first-order valence-corrected chi connectivity index (χ1v) is 10.8. The Morgan fingerprint density at radius 3 is 2.34 bits per heavy atom. The maximum atomic E-state index is 12.4. The van der Waals surface area contributed by atoms with Crippen LogP contribution in [0.25, 0.3) is 0 Å². The molecule has 1 aliphatic heterocycles. The van der Waals surface area contributed by atoms with Gasteiger partial charge >= 0.3 is 0 Å². The molecule has 0 unspecified atom stereocenters. The highest BCUT2D eigenvalue weighted by Gasteiger charge is 2.45. The zero-order chi connectivity index (χ0) is 21.0. The van der Waals surface area contributed by atoms with Crippen molar-refractivity contribution in [1.82, 2.24) is 5.32 Å². The Balaban J connectivity index is 1.79. The van der Waals surface area contributed by atoms with Gasteiger partial charge in [-0.25, -0.2) is 0 Å². The molecule has 29 heavy (non-hydrogen) atoms. The second kappa shape index (κ2) is 9.00. The van der Waals surface area contributed by atoms with E-state index in [1.807, 2.05) is 0 Å². The molecule has 0 bridgehead atoms. The van der Waals surface area contributed by atoms with Crippen molar-refractivity contribution in [3.05, 3.63) is 50.2 Å². The Bertz CT molecular complexity index is 963. The smallest absolute Gasteiger partial charge is 0.234 e. The maximum absolute atomic E-state index is 12.4. The molecule has 4 N–H and O–H groups in total. The second-order valence-electron chi connectivity index (χ2n) is 6.98. The van der Waals surface area contributed by atoms with Gasteiger partial charge in [-0.3, -0.25) is 4.79 Å². The van der Waals surface area contributed by atoms with Crippen molar-refractivity contribution < 1.29 is 4.79 Å². The molecule has 1 heterocycles. The molecule has 6 nitrogen and oxygen atoms in total. The SMILES string of the molecule is N#CC1=C(N)NC(SCC(=O)Nc2cc(Cl)cc(Cl)c2)=C(C#N)C12CCCCC2. The number of rotatable bonds is 4. The highest BCUT2D eigenvalue weighted by Crippen LogP contribution is 2.51. The molecule has 150 valence electrons. The lowest BCUT2D eigenvalue weighted by Gasteiger charge is -2.40. The van der Waals surface area contributed by atoms with E-state index >= 15 is 0 Å². The Kier molecular flexibility index (Phi) is 6.64. The van der Waals surface area contributed by atoms with Gasteiger partial charge in [0.05, 0.1) is 34.1 Å². The van der Waals surface area contributed by atoms with Crippen LogP contribution in [0.3, 0.4) is 0 Å². The van der Waals surface area contributed by atoms with Crippen LogP contribution in [-0.4, -0.2) is 11.7 Å². The van der Waals surface area contributed by atoms with Gasteiger partial charge in [0.15, 0.2) is 0 Å². The molecular formula is C20H19Cl2N5OS. The van der Waals surface area contributed by atoms with E-state index in [4.69, 9.17) is 28.9 Å². The minimum Gasteiger partial charge on any atom is -0.384 e. The summed E-state index contributed by atoms with van der Waals surface area (Å²) in [5.74, 6) is 0.0484. The number of carbonyl (C=O) groups excluding carboxylic acids is 1. The largest absolute Gasteiger partial charge is 0.384 e. The van der Waals surface area contributed by atoms with Crippen molar-refractivity contribution in [1.29, 1.82) is 10.5 Å². The van der Waals surface area contributed by atoms with Crippen LogP contribution in [0.2, 0.25) is 10.0 Å².